The quantitative estimate of drug-likeness (QED) is 0.363. The van der Waals surface area contributed by atoms with Crippen molar-refractivity contribution in [2.75, 3.05) is 13.1 Å². The van der Waals surface area contributed by atoms with Crippen LogP contribution in [0, 0.1) is 0 Å². The molecule has 32 heavy (non-hydrogen) atoms. The van der Waals surface area contributed by atoms with Crippen LogP contribution in [0.3, 0.4) is 0 Å². The van der Waals surface area contributed by atoms with Gasteiger partial charge in [0.2, 0.25) is 5.91 Å². The van der Waals surface area contributed by atoms with Crippen molar-refractivity contribution in [2.45, 2.75) is 51.2 Å². The lowest BCUT2D eigenvalue weighted by Gasteiger charge is -2.38. The molecule has 4 rings (SSSR count). The second-order valence-electron chi connectivity index (χ2n) is 8.06. The van der Waals surface area contributed by atoms with Gasteiger partial charge in [0.25, 0.3) is 5.56 Å². The number of carbonyl (C=O) groups is 1. The molecule has 0 aliphatic carbocycles. The molecule has 172 valence electrons. The third-order valence-corrected chi connectivity index (χ3v) is 6.99. The Bertz CT molecular complexity index is 1090. The molecule has 0 saturated carbocycles. The first kappa shape index (κ1) is 24.8. The van der Waals surface area contributed by atoms with E-state index < -0.39 is 5.60 Å². The fourth-order valence-corrected chi connectivity index (χ4v) is 5.11. The molecule has 6 nitrogen and oxygen atoms in total. The van der Waals surface area contributed by atoms with Crippen molar-refractivity contribution in [2.24, 2.45) is 0 Å². The van der Waals surface area contributed by atoms with E-state index in [1.54, 1.807) is 6.33 Å². The van der Waals surface area contributed by atoms with Crippen LogP contribution in [-0.2, 0) is 24.2 Å². The number of thiophene rings is 1. The van der Waals surface area contributed by atoms with E-state index >= 15 is 0 Å². The number of aliphatic hydroxyl groups is 1. The molecule has 2 aromatic heterocycles. The average Bonchev–Trinajstić information content (AvgIpc) is 3.26. The maximum absolute atomic E-state index is 12.8. The summed E-state index contributed by atoms with van der Waals surface area (Å²) in [4.78, 5) is 31.7. The van der Waals surface area contributed by atoms with Crippen LogP contribution in [0.2, 0.25) is 0 Å². The molecular weight excluding hydrogens is 462 g/mol. The highest BCUT2D eigenvalue weighted by Crippen LogP contribution is 2.26. The number of thiol groups is 2. The van der Waals surface area contributed by atoms with Gasteiger partial charge < -0.3 is 10.0 Å². The fourth-order valence-electron chi connectivity index (χ4n) is 4.06. The molecule has 0 atom stereocenters. The standard InChI is InChI=1S/C23H27N3O3S.H2S2/c1-2-18-14-30-21-20(18)24-16-26(22(21)28)15-23(29)10-12-25(13-11-23)19(27)9-8-17-6-4-3-5-7-17;1-2/h3-7,14,16,29H,2,8-13,15H2,1H3;1-2H. The third kappa shape index (κ3) is 5.75. The number of likely N-dealkylation sites (tertiary alicyclic amines) is 1. The van der Waals surface area contributed by atoms with E-state index in [0.29, 0.717) is 37.1 Å². The van der Waals surface area contributed by atoms with Gasteiger partial charge in [0.15, 0.2) is 0 Å². The number of fused-ring (bicyclic) bond motifs is 1. The van der Waals surface area contributed by atoms with Crippen molar-refractivity contribution in [3.05, 3.63) is 63.5 Å². The number of hydrogen-bond acceptors (Lipinski definition) is 7. The van der Waals surface area contributed by atoms with Gasteiger partial charge in [-0.2, -0.15) is 0 Å². The second-order valence-corrected chi connectivity index (χ2v) is 8.94. The predicted molar refractivity (Wildman–Crippen MR) is 137 cm³/mol. The molecule has 1 aliphatic rings. The van der Waals surface area contributed by atoms with Crippen LogP contribution in [0.15, 0.2) is 46.8 Å². The first-order valence-electron chi connectivity index (χ1n) is 10.7. The van der Waals surface area contributed by atoms with Gasteiger partial charge in [-0.15, -0.1) is 34.7 Å². The maximum atomic E-state index is 12.8. The smallest absolute Gasteiger partial charge is 0.271 e. The van der Waals surface area contributed by atoms with E-state index in [2.05, 4.69) is 28.3 Å². The Balaban J connectivity index is 0.00000141. The third-order valence-electron chi connectivity index (χ3n) is 5.98. The van der Waals surface area contributed by atoms with Crippen molar-refractivity contribution >= 4 is 50.8 Å². The number of benzene rings is 1. The molecule has 1 aliphatic heterocycles. The van der Waals surface area contributed by atoms with Crippen molar-refractivity contribution in [1.29, 1.82) is 0 Å². The highest BCUT2D eigenvalue weighted by atomic mass is 33.1. The molecule has 3 heterocycles. The lowest BCUT2D eigenvalue weighted by Crippen LogP contribution is -2.49. The number of aromatic nitrogens is 2. The van der Waals surface area contributed by atoms with Gasteiger partial charge in [-0.3, -0.25) is 14.2 Å². The van der Waals surface area contributed by atoms with E-state index in [4.69, 9.17) is 0 Å². The summed E-state index contributed by atoms with van der Waals surface area (Å²) >= 11 is 7.86. The molecule has 0 bridgehead atoms. The second kappa shape index (κ2) is 11.4. The van der Waals surface area contributed by atoms with Crippen LogP contribution in [0.4, 0.5) is 0 Å². The zero-order chi connectivity index (χ0) is 23.1. The lowest BCUT2D eigenvalue weighted by atomic mass is 9.91. The molecule has 9 heteroatoms. The minimum atomic E-state index is -1.000. The topological polar surface area (TPSA) is 75.4 Å². The highest BCUT2D eigenvalue weighted by Gasteiger charge is 2.34. The van der Waals surface area contributed by atoms with Crippen LogP contribution >= 0.6 is 34.7 Å². The summed E-state index contributed by atoms with van der Waals surface area (Å²) in [6.07, 6.45) is 4.50. The Morgan fingerprint density at radius 1 is 1.22 bits per heavy atom. The van der Waals surface area contributed by atoms with Crippen LogP contribution < -0.4 is 5.56 Å². The first-order chi connectivity index (χ1) is 15.5. The van der Waals surface area contributed by atoms with Gasteiger partial charge in [0.05, 0.1) is 24.0 Å². The SMILES string of the molecule is CCc1csc2c(=O)n(CC3(O)CCN(C(=O)CCc4ccccc4)CC3)cnc12.SS. The first-order valence-corrected chi connectivity index (χ1v) is 13.2. The Labute approximate surface area is 202 Å². The predicted octanol–water partition coefficient (Wildman–Crippen LogP) is 3.77. The summed E-state index contributed by atoms with van der Waals surface area (Å²) in [5.74, 6) is 0.117. The monoisotopic (exact) mass is 491 g/mol. The number of piperidine rings is 1. The van der Waals surface area contributed by atoms with E-state index in [-0.39, 0.29) is 18.0 Å². The van der Waals surface area contributed by atoms with Crippen LogP contribution in [-0.4, -0.2) is 44.2 Å². The summed E-state index contributed by atoms with van der Waals surface area (Å²) in [6, 6.07) is 9.99. The van der Waals surface area contributed by atoms with Gasteiger partial charge in [-0.1, -0.05) is 37.3 Å². The zero-order valence-corrected chi connectivity index (χ0v) is 20.7. The summed E-state index contributed by atoms with van der Waals surface area (Å²) in [5.41, 5.74) is 1.91. The Hall–Kier alpha value is -1.81. The number of carbonyl (C=O) groups excluding carboxylic acids is 1. The summed E-state index contributed by atoms with van der Waals surface area (Å²) < 4.78 is 2.16. The van der Waals surface area contributed by atoms with Gasteiger partial charge in [0.1, 0.15) is 4.70 Å². The molecule has 1 amide bonds. The summed E-state index contributed by atoms with van der Waals surface area (Å²) in [5, 5.41) is 13.0. The Morgan fingerprint density at radius 2 is 1.91 bits per heavy atom. The lowest BCUT2D eigenvalue weighted by molar-refractivity contribution is -0.135. The maximum Gasteiger partial charge on any atom is 0.271 e. The Kier molecular flexibility index (Phi) is 8.81. The molecular formula is C23H29N3O3S3. The van der Waals surface area contributed by atoms with Crippen LogP contribution in [0.5, 0.6) is 0 Å². The van der Waals surface area contributed by atoms with Crippen LogP contribution in [0.1, 0.15) is 37.3 Å². The van der Waals surface area contributed by atoms with Gasteiger partial charge in [-0.05, 0) is 42.2 Å². The molecule has 3 aromatic rings. The van der Waals surface area contributed by atoms with Gasteiger partial charge >= 0.3 is 0 Å². The molecule has 1 fully saturated rings. The molecule has 1 saturated heterocycles. The average molecular weight is 492 g/mol. The van der Waals surface area contributed by atoms with Crippen LogP contribution in [0.25, 0.3) is 10.2 Å². The number of amides is 1. The minimum Gasteiger partial charge on any atom is -0.388 e. The van der Waals surface area contributed by atoms with Crippen molar-refractivity contribution < 1.29 is 9.90 Å². The number of nitrogens with zero attached hydrogens (tertiary/aromatic N) is 3. The van der Waals surface area contributed by atoms with E-state index in [9.17, 15) is 14.7 Å². The molecule has 0 unspecified atom stereocenters. The normalized spacial score (nSPS) is 15.3. The van der Waals surface area contributed by atoms with E-state index in [0.717, 1.165) is 29.5 Å². The number of hydrogen-bond donors (Lipinski definition) is 3. The van der Waals surface area contributed by atoms with Crippen molar-refractivity contribution in [3.63, 3.8) is 0 Å². The highest BCUT2D eigenvalue weighted by molar-refractivity contribution is 8.59. The Morgan fingerprint density at radius 3 is 2.56 bits per heavy atom. The minimum absolute atomic E-state index is 0.0977. The molecule has 1 aromatic carbocycles. The van der Waals surface area contributed by atoms with Crippen molar-refractivity contribution in [3.8, 4) is 0 Å². The fraction of sp³-hybridized carbons (Fsp3) is 0.435. The zero-order valence-electron chi connectivity index (χ0n) is 18.1. The van der Waals surface area contributed by atoms with E-state index in [1.807, 2.05) is 47.5 Å². The van der Waals surface area contributed by atoms with Crippen molar-refractivity contribution in [1.82, 2.24) is 14.5 Å². The number of rotatable bonds is 6. The molecule has 0 radical (unpaired) electrons. The largest absolute Gasteiger partial charge is 0.388 e. The van der Waals surface area contributed by atoms with Gasteiger partial charge in [0, 0.05) is 19.5 Å². The summed E-state index contributed by atoms with van der Waals surface area (Å²) in [6.45, 7) is 3.27. The number of aryl methyl sites for hydroxylation is 2. The molecule has 0 spiro atoms. The van der Waals surface area contributed by atoms with Gasteiger partial charge in [-0.25, -0.2) is 4.98 Å². The summed E-state index contributed by atoms with van der Waals surface area (Å²) in [7, 11) is 0. The van der Waals surface area contributed by atoms with E-state index in [1.165, 1.54) is 15.9 Å². The molecule has 1 N–H and O–H groups in total.